The lowest BCUT2D eigenvalue weighted by Gasteiger charge is -2.28. The van der Waals surface area contributed by atoms with Gasteiger partial charge in [-0.1, -0.05) is 19.4 Å². The summed E-state index contributed by atoms with van der Waals surface area (Å²) in [5, 5.41) is 1.95. The number of sulfonamides is 1. The minimum atomic E-state index is -3.67. The number of carbonyl (C=O) groups excluding carboxylic acids is 1. The summed E-state index contributed by atoms with van der Waals surface area (Å²) in [5.41, 5.74) is 0.359. The predicted octanol–water partition coefficient (Wildman–Crippen LogP) is 2.70. The largest absolute Gasteiger partial charge is 0.335 e. The monoisotopic (exact) mass is 484 g/mol. The Bertz CT molecular complexity index is 1080. The predicted molar refractivity (Wildman–Crippen MR) is 123 cm³/mol. The second-order valence-corrected chi connectivity index (χ2v) is 12.7. The summed E-state index contributed by atoms with van der Waals surface area (Å²) in [6, 6.07) is 9.39. The molecule has 1 amide bonds. The molecule has 0 bridgehead atoms. The smallest absolute Gasteiger partial charge is 0.254 e. The second kappa shape index (κ2) is 10.2. The lowest BCUT2D eigenvalue weighted by Crippen LogP contribution is -2.41. The molecule has 1 aliphatic rings. The number of thiophene rings is 1. The van der Waals surface area contributed by atoms with Crippen LogP contribution in [0.4, 0.5) is 0 Å². The van der Waals surface area contributed by atoms with Gasteiger partial charge in [0.15, 0.2) is 9.84 Å². The minimum Gasteiger partial charge on any atom is -0.335 e. The quantitative estimate of drug-likeness (QED) is 0.559. The number of carbonyl (C=O) groups is 1. The van der Waals surface area contributed by atoms with Crippen LogP contribution in [-0.4, -0.2) is 58.3 Å². The molecule has 10 heteroatoms. The number of nitrogens with zero attached hydrogens (tertiary/aromatic N) is 1. The van der Waals surface area contributed by atoms with Crippen LogP contribution < -0.4 is 4.72 Å². The molecule has 0 aliphatic carbocycles. The molecule has 31 heavy (non-hydrogen) atoms. The van der Waals surface area contributed by atoms with Gasteiger partial charge in [-0.15, -0.1) is 11.3 Å². The van der Waals surface area contributed by atoms with Gasteiger partial charge in [-0.2, -0.15) is 0 Å². The zero-order valence-corrected chi connectivity index (χ0v) is 19.9. The average Bonchev–Trinajstić information content (AvgIpc) is 3.37. The van der Waals surface area contributed by atoms with Crippen molar-refractivity contribution in [2.45, 2.75) is 43.5 Å². The number of rotatable bonds is 10. The Balaban J connectivity index is 1.68. The van der Waals surface area contributed by atoms with E-state index in [0.29, 0.717) is 31.5 Å². The first-order chi connectivity index (χ1) is 14.7. The van der Waals surface area contributed by atoms with Crippen LogP contribution in [0.25, 0.3) is 0 Å². The summed E-state index contributed by atoms with van der Waals surface area (Å²) in [4.78, 5) is 15.9. The molecule has 2 heterocycles. The van der Waals surface area contributed by atoms with E-state index in [1.807, 2.05) is 24.4 Å². The number of hydrogen-bond acceptors (Lipinski definition) is 6. The maximum Gasteiger partial charge on any atom is 0.254 e. The normalized spacial score (nSPS) is 18.2. The van der Waals surface area contributed by atoms with Crippen molar-refractivity contribution < 1.29 is 21.6 Å². The van der Waals surface area contributed by atoms with E-state index in [4.69, 9.17) is 0 Å². The molecule has 2 aromatic rings. The summed E-state index contributed by atoms with van der Waals surface area (Å²) >= 11 is 1.58. The van der Waals surface area contributed by atoms with Crippen LogP contribution in [0.1, 0.15) is 41.4 Å². The molecule has 0 spiro atoms. The number of amides is 1. The van der Waals surface area contributed by atoms with Gasteiger partial charge >= 0.3 is 0 Å². The van der Waals surface area contributed by atoms with E-state index < -0.39 is 19.9 Å². The van der Waals surface area contributed by atoms with Crippen LogP contribution in [0.2, 0.25) is 0 Å². The number of sulfone groups is 1. The number of benzene rings is 1. The zero-order valence-electron chi connectivity index (χ0n) is 17.5. The van der Waals surface area contributed by atoms with E-state index >= 15 is 0 Å². The summed E-state index contributed by atoms with van der Waals surface area (Å²) in [6.07, 6.45) is 2.73. The van der Waals surface area contributed by atoms with Gasteiger partial charge in [0.05, 0.1) is 16.4 Å². The maximum absolute atomic E-state index is 13.1. The van der Waals surface area contributed by atoms with Crippen LogP contribution in [-0.2, 0) is 26.3 Å². The van der Waals surface area contributed by atoms with Crippen LogP contribution in [0.5, 0.6) is 0 Å². The maximum atomic E-state index is 13.1. The van der Waals surface area contributed by atoms with Crippen LogP contribution >= 0.6 is 11.3 Å². The Morgan fingerprint density at radius 2 is 1.97 bits per heavy atom. The standard InChI is InChI=1S/C21H28N2O5S3/c1-2-3-13-23(18-11-15-30(25,26)16-18)21(24)17-6-8-20(9-7-17)31(27,28)22-12-10-19-5-4-14-29-19/h4-9,14,18,22H,2-3,10-13,15-16H2,1H3. The molecular weight excluding hydrogens is 456 g/mol. The van der Waals surface area contributed by atoms with Gasteiger partial charge in [0.1, 0.15) is 0 Å². The first-order valence-electron chi connectivity index (χ1n) is 10.4. The van der Waals surface area contributed by atoms with E-state index in [9.17, 15) is 21.6 Å². The fourth-order valence-electron chi connectivity index (χ4n) is 3.59. The molecule has 1 atom stereocenters. The van der Waals surface area contributed by atoms with Gasteiger partial charge in [0.25, 0.3) is 5.91 Å². The molecule has 170 valence electrons. The average molecular weight is 485 g/mol. The Labute approximate surface area is 188 Å². The van der Waals surface area contributed by atoms with Crippen molar-refractivity contribution in [3.8, 4) is 0 Å². The van der Waals surface area contributed by atoms with Crippen molar-refractivity contribution in [2.75, 3.05) is 24.6 Å². The van der Waals surface area contributed by atoms with Crippen LogP contribution in [0.3, 0.4) is 0 Å². The van der Waals surface area contributed by atoms with Crippen molar-refractivity contribution >= 4 is 37.1 Å². The van der Waals surface area contributed by atoms with Gasteiger partial charge in [0, 0.05) is 29.6 Å². The topological polar surface area (TPSA) is 101 Å². The third-order valence-electron chi connectivity index (χ3n) is 5.32. The highest BCUT2D eigenvalue weighted by Gasteiger charge is 2.34. The fourth-order valence-corrected chi connectivity index (χ4v) is 7.06. The van der Waals surface area contributed by atoms with Crippen molar-refractivity contribution in [2.24, 2.45) is 0 Å². The molecule has 1 aromatic carbocycles. The Hall–Kier alpha value is -1.75. The van der Waals surface area contributed by atoms with Gasteiger partial charge in [-0.25, -0.2) is 21.6 Å². The summed E-state index contributed by atoms with van der Waals surface area (Å²) in [5.74, 6) is -0.171. The van der Waals surface area contributed by atoms with Gasteiger partial charge in [-0.3, -0.25) is 4.79 Å². The fraction of sp³-hybridized carbons (Fsp3) is 0.476. The molecule has 0 saturated carbocycles. The minimum absolute atomic E-state index is 0.0108. The SMILES string of the molecule is CCCCN(C(=O)c1ccc(S(=O)(=O)NCCc2cccs2)cc1)C1CCS(=O)(=O)C1. The molecule has 1 saturated heterocycles. The highest BCUT2D eigenvalue weighted by atomic mass is 32.2. The summed E-state index contributed by atoms with van der Waals surface area (Å²) in [6.45, 7) is 2.80. The third kappa shape index (κ3) is 6.38. The first kappa shape index (κ1) is 23.9. The van der Waals surface area contributed by atoms with Crippen molar-refractivity contribution in [1.82, 2.24) is 9.62 Å². The molecule has 1 N–H and O–H groups in total. The molecular formula is C21H28N2O5S3. The van der Waals surface area contributed by atoms with Crippen molar-refractivity contribution in [3.05, 3.63) is 52.2 Å². The zero-order chi connectivity index (χ0) is 22.5. The summed E-state index contributed by atoms with van der Waals surface area (Å²) in [7, 11) is -6.78. The molecule has 1 unspecified atom stereocenters. The van der Waals surface area contributed by atoms with Crippen LogP contribution in [0.15, 0.2) is 46.7 Å². The van der Waals surface area contributed by atoms with Gasteiger partial charge in [0.2, 0.25) is 10.0 Å². The second-order valence-electron chi connectivity index (χ2n) is 7.66. The number of hydrogen-bond donors (Lipinski definition) is 1. The third-order valence-corrected chi connectivity index (χ3v) is 9.48. The van der Waals surface area contributed by atoms with E-state index in [-0.39, 0.29) is 28.4 Å². The van der Waals surface area contributed by atoms with E-state index in [0.717, 1.165) is 17.7 Å². The van der Waals surface area contributed by atoms with E-state index in [1.165, 1.54) is 24.3 Å². The highest BCUT2D eigenvalue weighted by molar-refractivity contribution is 7.91. The summed E-state index contributed by atoms with van der Waals surface area (Å²) < 4.78 is 51.4. The van der Waals surface area contributed by atoms with Crippen LogP contribution in [0, 0.1) is 0 Å². The number of nitrogens with one attached hydrogen (secondary N) is 1. The Morgan fingerprint density at radius 1 is 1.23 bits per heavy atom. The molecule has 1 aromatic heterocycles. The van der Waals surface area contributed by atoms with Gasteiger partial charge in [-0.05, 0) is 55.0 Å². The van der Waals surface area contributed by atoms with Gasteiger partial charge < -0.3 is 4.90 Å². The molecule has 3 rings (SSSR count). The number of unbranched alkanes of at least 4 members (excludes halogenated alkanes) is 1. The molecule has 0 radical (unpaired) electrons. The first-order valence-corrected chi connectivity index (χ1v) is 14.5. The van der Waals surface area contributed by atoms with Crippen molar-refractivity contribution in [1.29, 1.82) is 0 Å². The molecule has 1 fully saturated rings. The molecule has 7 nitrogen and oxygen atoms in total. The lowest BCUT2D eigenvalue weighted by atomic mass is 10.1. The van der Waals surface area contributed by atoms with Crippen molar-refractivity contribution in [3.63, 3.8) is 0 Å². The molecule has 1 aliphatic heterocycles. The Kier molecular flexibility index (Phi) is 7.90. The van der Waals surface area contributed by atoms with E-state index in [1.54, 1.807) is 16.2 Å². The lowest BCUT2D eigenvalue weighted by molar-refractivity contribution is 0.0694. The Morgan fingerprint density at radius 3 is 2.55 bits per heavy atom. The highest BCUT2D eigenvalue weighted by Crippen LogP contribution is 2.21. The van der Waals surface area contributed by atoms with E-state index in [2.05, 4.69) is 4.72 Å².